The Bertz CT molecular complexity index is 268. The van der Waals surface area contributed by atoms with Crippen LogP contribution >= 0.6 is 12.4 Å². The molecule has 1 rings (SSSR count). The number of likely N-dealkylation sites (N-methyl/N-ethyl adjacent to an activating group) is 1. The summed E-state index contributed by atoms with van der Waals surface area (Å²) in [4.78, 5) is 26.0. The van der Waals surface area contributed by atoms with Gasteiger partial charge in [0.25, 0.3) is 0 Å². The molecule has 17 heavy (non-hydrogen) atoms. The molecule has 0 aliphatic carbocycles. The number of hydrogen-bond donors (Lipinski definition) is 2. The number of piperazine rings is 1. The number of nitrogens with zero attached hydrogens (tertiary/aromatic N) is 2. The Hall–Kier alpha value is -0.850. The van der Waals surface area contributed by atoms with E-state index in [-0.39, 0.29) is 31.2 Å². The van der Waals surface area contributed by atoms with Crippen molar-refractivity contribution in [3.63, 3.8) is 0 Å². The Kier molecular flexibility index (Phi) is 7.10. The van der Waals surface area contributed by atoms with Crippen LogP contribution in [0.1, 0.15) is 12.8 Å². The van der Waals surface area contributed by atoms with Crippen molar-refractivity contribution in [3.05, 3.63) is 0 Å². The molecule has 1 unspecified atom stereocenters. The fourth-order valence-corrected chi connectivity index (χ4v) is 1.66. The molecule has 6 nitrogen and oxygen atoms in total. The van der Waals surface area contributed by atoms with Crippen molar-refractivity contribution < 1.29 is 14.7 Å². The molecule has 1 aliphatic heterocycles. The van der Waals surface area contributed by atoms with Crippen LogP contribution in [0.3, 0.4) is 0 Å². The molecule has 1 saturated heterocycles. The summed E-state index contributed by atoms with van der Waals surface area (Å²) >= 11 is 0. The highest BCUT2D eigenvalue weighted by molar-refractivity contribution is 5.85. The maximum atomic E-state index is 11.8. The summed E-state index contributed by atoms with van der Waals surface area (Å²) in [6.07, 6.45) is 0.154. The van der Waals surface area contributed by atoms with Gasteiger partial charge >= 0.3 is 5.97 Å². The third kappa shape index (κ3) is 5.34. The van der Waals surface area contributed by atoms with E-state index in [2.05, 4.69) is 4.90 Å². The maximum Gasteiger partial charge on any atom is 0.303 e. The number of nitrogens with two attached hydrogens (primary N) is 1. The molecule has 0 saturated carbocycles. The lowest BCUT2D eigenvalue weighted by atomic mass is 10.1. The van der Waals surface area contributed by atoms with Crippen LogP contribution in [0.15, 0.2) is 0 Å². The number of halogens is 1. The number of carbonyl (C=O) groups is 2. The first-order valence-corrected chi connectivity index (χ1v) is 5.45. The second kappa shape index (κ2) is 7.47. The summed E-state index contributed by atoms with van der Waals surface area (Å²) in [6, 6.07) is -0.681. The van der Waals surface area contributed by atoms with E-state index in [0.29, 0.717) is 13.1 Å². The number of carboxylic acids is 1. The van der Waals surface area contributed by atoms with Gasteiger partial charge in [-0.25, -0.2) is 0 Å². The summed E-state index contributed by atoms with van der Waals surface area (Å²) in [5.41, 5.74) is 5.66. The number of hydrogen-bond acceptors (Lipinski definition) is 4. The van der Waals surface area contributed by atoms with Crippen molar-refractivity contribution in [2.45, 2.75) is 18.9 Å². The topological polar surface area (TPSA) is 86.9 Å². The fraction of sp³-hybridized carbons (Fsp3) is 0.800. The highest BCUT2D eigenvalue weighted by atomic mass is 35.5. The standard InChI is InChI=1S/C10H19N3O3.ClH/c1-12-4-6-13(7-5-12)10(16)8(11)2-3-9(14)15;/h8H,2-7,11H2,1H3,(H,14,15);1H. The number of carbonyl (C=O) groups excluding carboxylic acids is 1. The molecular formula is C10H20ClN3O3. The second-order valence-corrected chi connectivity index (χ2v) is 4.17. The van der Waals surface area contributed by atoms with Gasteiger partial charge in [0.2, 0.25) is 5.91 Å². The quantitative estimate of drug-likeness (QED) is 0.707. The van der Waals surface area contributed by atoms with E-state index < -0.39 is 12.0 Å². The zero-order chi connectivity index (χ0) is 12.1. The van der Waals surface area contributed by atoms with Crippen LogP contribution in [0.4, 0.5) is 0 Å². The van der Waals surface area contributed by atoms with Crippen LogP contribution in [0.2, 0.25) is 0 Å². The van der Waals surface area contributed by atoms with E-state index in [0.717, 1.165) is 13.1 Å². The van der Waals surface area contributed by atoms with Crippen molar-refractivity contribution in [1.82, 2.24) is 9.80 Å². The molecular weight excluding hydrogens is 246 g/mol. The largest absolute Gasteiger partial charge is 0.481 e. The van der Waals surface area contributed by atoms with E-state index >= 15 is 0 Å². The Labute approximate surface area is 107 Å². The highest BCUT2D eigenvalue weighted by Crippen LogP contribution is 2.04. The van der Waals surface area contributed by atoms with Gasteiger partial charge in [0, 0.05) is 32.6 Å². The average Bonchev–Trinajstić information content (AvgIpc) is 2.26. The normalized spacial score (nSPS) is 18.4. The molecule has 7 heteroatoms. The van der Waals surface area contributed by atoms with Gasteiger partial charge in [-0.05, 0) is 13.5 Å². The SMILES string of the molecule is CN1CCN(C(=O)C(N)CCC(=O)O)CC1.Cl. The summed E-state index contributed by atoms with van der Waals surface area (Å²) in [7, 11) is 2.01. The van der Waals surface area contributed by atoms with Gasteiger partial charge < -0.3 is 20.6 Å². The number of carboxylic acid groups (broad SMARTS) is 1. The Balaban J connectivity index is 0.00000256. The minimum atomic E-state index is -0.915. The van der Waals surface area contributed by atoms with Gasteiger partial charge in [0.1, 0.15) is 0 Å². The van der Waals surface area contributed by atoms with Crippen LogP contribution < -0.4 is 5.73 Å². The first kappa shape index (κ1) is 16.1. The number of rotatable bonds is 4. The molecule has 100 valence electrons. The Morgan fingerprint density at radius 3 is 2.29 bits per heavy atom. The van der Waals surface area contributed by atoms with Crippen molar-refractivity contribution in [1.29, 1.82) is 0 Å². The molecule has 1 aliphatic rings. The maximum absolute atomic E-state index is 11.8. The van der Waals surface area contributed by atoms with Crippen LogP contribution in [0.5, 0.6) is 0 Å². The van der Waals surface area contributed by atoms with Crippen molar-refractivity contribution in [2.75, 3.05) is 33.2 Å². The zero-order valence-corrected chi connectivity index (χ0v) is 10.8. The first-order chi connectivity index (χ1) is 7.50. The van der Waals surface area contributed by atoms with Gasteiger partial charge in [-0.3, -0.25) is 9.59 Å². The molecule has 3 N–H and O–H groups in total. The Morgan fingerprint density at radius 1 is 1.29 bits per heavy atom. The molecule has 0 spiro atoms. The van der Waals surface area contributed by atoms with E-state index in [1.165, 1.54) is 0 Å². The fourth-order valence-electron chi connectivity index (χ4n) is 1.66. The molecule has 1 amide bonds. The first-order valence-electron chi connectivity index (χ1n) is 5.45. The second-order valence-electron chi connectivity index (χ2n) is 4.17. The third-order valence-electron chi connectivity index (χ3n) is 2.80. The van der Waals surface area contributed by atoms with Crippen molar-refractivity contribution >= 4 is 24.3 Å². The molecule has 0 radical (unpaired) electrons. The molecule has 1 heterocycles. The summed E-state index contributed by atoms with van der Waals surface area (Å²) in [5, 5.41) is 8.50. The van der Waals surface area contributed by atoms with E-state index in [9.17, 15) is 9.59 Å². The van der Waals surface area contributed by atoms with Gasteiger partial charge in [-0.1, -0.05) is 0 Å². The van der Waals surface area contributed by atoms with Crippen LogP contribution in [0, 0.1) is 0 Å². The molecule has 0 aromatic carbocycles. The van der Waals surface area contributed by atoms with Crippen molar-refractivity contribution in [2.24, 2.45) is 5.73 Å². The molecule has 1 atom stereocenters. The monoisotopic (exact) mass is 265 g/mol. The highest BCUT2D eigenvalue weighted by Gasteiger charge is 2.24. The van der Waals surface area contributed by atoms with Crippen LogP contribution in [0.25, 0.3) is 0 Å². The lowest BCUT2D eigenvalue weighted by molar-refractivity contribution is -0.138. The molecule has 0 aromatic heterocycles. The van der Waals surface area contributed by atoms with Gasteiger partial charge in [-0.2, -0.15) is 0 Å². The summed E-state index contributed by atoms with van der Waals surface area (Å²) < 4.78 is 0. The van der Waals surface area contributed by atoms with E-state index in [1.807, 2.05) is 7.05 Å². The van der Waals surface area contributed by atoms with E-state index in [1.54, 1.807) is 4.90 Å². The lowest BCUT2D eigenvalue weighted by Crippen LogP contribution is -2.52. The number of aliphatic carboxylic acids is 1. The minimum absolute atomic E-state index is 0. The van der Waals surface area contributed by atoms with E-state index in [4.69, 9.17) is 10.8 Å². The minimum Gasteiger partial charge on any atom is -0.481 e. The Morgan fingerprint density at radius 2 is 1.82 bits per heavy atom. The van der Waals surface area contributed by atoms with Gasteiger partial charge in [0.15, 0.2) is 0 Å². The summed E-state index contributed by atoms with van der Waals surface area (Å²) in [6.45, 7) is 3.04. The average molecular weight is 266 g/mol. The van der Waals surface area contributed by atoms with Crippen molar-refractivity contribution in [3.8, 4) is 0 Å². The number of amides is 1. The zero-order valence-electron chi connectivity index (χ0n) is 9.96. The predicted molar refractivity (Wildman–Crippen MR) is 66.2 cm³/mol. The smallest absolute Gasteiger partial charge is 0.303 e. The molecule has 0 aromatic rings. The van der Waals surface area contributed by atoms with Gasteiger partial charge in [-0.15, -0.1) is 12.4 Å². The molecule has 1 fully saturated rings. The van der Waals surface area contributed by atoms with Crippen LogP contribution in [-0.4, -0.2) is 66.1 Å². The lowest BCUT2D eigenvalue weighted by Gasteiger charge is -2.33. The van der Waals surface area contributed by atoms with Gasteiger partial charge in [0.05, 0.1) is 6.04 Å². The van der Waals surface area contributed by atoms with Crippen LogP contribution in [-0.2, 0) is 9.59 Å². The third-order valence-corrected chi connectivity index (χ3v) is 2.80. The predicted octanol–water partition coefficient (Wildman–Crippen LogP) is -0.626. The molecule has 0 bridgehead atoms. The summed E-state index contributed by atoms with van der Waals surface area (Å²) in [5.74, 6) is -1.05.